The van der Waals surface area contributed by atoms with Crippen LogP contribution in [0.15, 0.2) is 23.1 Å². The molecule has 3 nitrogen and oxygen atoms in total. The van der Waals surface area contributed by atoms with E-state index in [0.717, 1.165) is 6.07 Å². The number of hydrogen-bond donors (Lipinski definition) is 0. The van der Waals surface area contributed by atoms with Gasteiger partial charge < -0.3 is 0 Å². The van der Waals surface area contributed by atoms with Crippen molar-refractivity contribution in [1.29, 1.82) is 0 Å². The van der Waals surface area contributed by atoms with Gasteiger partial charge in [-0.1, -0.05) is 0 Å². The lowest BCUT2D eigenvalue weighted by Crippen LogP contribution is -2.51. The summed E-state index contributed by atoms with van der Waals surface area (Å²) in [6.07, 6.45) is -6.31. The van der Waals surface area contributed by atoms with E-state index < -0.39 is 51.7 Å². The maximum Gasteiger partial charge on any atom is 0.419 e. The SMILES string of the molecule is O=S(=O)(c1ccc(F)c(C(F)(F)F)c1)N1CC(F)C1. The molecule has 19 heavy (non-hydrogen) atoms. The van der Waals surface area contributed by atoms with E-state index in [0.29, 0.717) is 10.4 Å². The van der Waals surface area contributed by atoms with Crippen LogP contribution in [0.1, 0.15) is 5.56 Å². The molecule has 0 aliphatic carbocycles. The van der Waals surface area contributed by atoms with Crippen LogP contribution >= 0.6 is 0 Å². The fourth-order valence-corrected chi connectivity index (χ4v) is 3.14. The first-order chi connectivity index (χ1) is 8.62. The van der Waals surface area contributed by atoms with E-state index in [1.807, 2.05) is 0 Å². The molecule has 9 heteroatoms. The average Bonchev–Trinajstić information content (AvgIpc) is 2.23. The molecule has 1 aliphatic rings. The standard InChI is InChI=1S/C10H8F5NO2S/c11-6-4-16(5-6)19(17,18)7-1-2-9(12)8(3-7)10(13,14)15/h1-3,6H,4-5H2. The average molecular weight is 301 g/mol. The number of rotatable bonds is 2. The maximum atomic E-state index is 13.0. The molecule has 1 fully saturated rings. The predicted molar refractivity (Wildman–Crippen MR) is 55.1 cm³/mol. The van der Waals surface area contributed by atoms with Gasteiger partial charge in [0.2, 0.25) is 10.0 Å². The van der Waals surface area contributed by atoms with Gasteiger partial charge in [0.25, 0.3) is 0 Å². The molecule has 106 valence electrons. The van der Waals surface area contributed by atoms with E-state index >= 15 is 0 Å². The quantitative estimate of drug-likeness (QED) is 0.785. The van der Waals surface area contributed by atoms with Gasteiger partial charge in [-0.3, -0.25) is 0 Å². The molecule has 0 N–H and O–H groups in total. The minimum atomic E-state index is -4.99. The Morgan fingerprint density at radius 3 is 2.26 bits per heavy atom. The second-order valence-corrected chi connectivity index (χ2v) is 6.00. The van der Waals surface area contributed by atoms with Crippen molar-refractivity contribution in [3.8, 4) is 0 Å². The van der Waals surface area contributed by atoms with Crippen LogP contribution in [0.25, 0.3) is 0 Å². The number of benzene rings is 1. The highest BCUT2D eigenvalue weighted by atomic mass is 32.2. The first-order valence-corrected chi connectivity index (χ1v) is 6.57. The molecule has 1 heterocycles. The van der Waals surface area contributed by atoms with Gasteiger partial charge in [-0.05, 0) is 18.2 Å². The largest absolute Gasteiger partial charge is 0.419 e. The van der Waals surface area contributed by atoms with Gasteiger partial charge >= 0.3 is 6.18 Å². The highest BCUT2D eigenvalue weighted by Gasteiger charge is 2.39. The van der Waals surface area contributed by atoms with Crippen molar-refractivity contribution in [2.45, 2.75) is 17.2 Å². The van der Waals surface area contributed by atoms with Crippen molar-refractivity contribution >= 4 is 10.0 Å². The van der Waals surface area contributed by atoms with Crippen LogP contribution in [0.3, 0.4) is 0 Å². The molecule has 0 unspecified atom stereocenters. The third-order valence-electron chi connectivity index (χ3n) is 2.68. The van der Waals surface area contributed by atoms with Gasteiger partial charge in [0.05, 0.1) is 10.5 Å². The Balaban J connectivity index is 2.42. The lowest BCUT2D eigenvalue weighted by molar-refractivity contribution is -0.140. The van der Waals surface area contributed by atoms with E-state index in [-0.39, 0.29) is 6.07 Å². The summed E-state index contributed by atoms with van der Waals surface area (Å²) in [5.41, 5.74) is -1.66. The summed E-state index contributed by atoms with van der Waals surface area (Å²) in [7, 11) is -4.21. The van der Waals surface area contributed by atoms with E-state index in [4.69, 9.17) is 0 Å². The highest BCUT2D eigenvalue weighted by molar-refractivity contribution is 7.89. The molecular formula is C10H8F5NO2S. The molecule has 0 spiro atoms. The third kappa shape index (κ3) is 2.57. The molecule has 0 saturated carbocycles. The molecule has 1 saturated heterocycles. The van der Waals surface area contributed by atoms with Gasteiger partial charge in [0.1, 0.15) is 12.0 Å². The molecule has 0 bridgehead atoms. The Labute approximate surface area is 105 Å². The van der Waals surface area contributed by atoms with Crippen molar-refractivity contribution in [2.24, 2.45) is 0 Å². The van der Waals surface area contributed by atoms with E-state index in [1.165, 1.54) is 0 Å². The summed E-state index contributed by atoms with van der Waals surface area (Å²) < 4.78 is 87.4. The van der Waals surface area contributed by atoms with Crippen molar-refractivity contribution in [2.75, 3.05) is 13.1 Å². The Bertz CT molecular complexity index is 592. The van der Waals surface area contributed by atoms with Gasteiger partial charge in [-0.25, -0.2) is 17.2 Å². The van der Waals surface area contributed by atoms with Gasteiger partial charge in [-0.15, -0.1) is 0 Å². The number of sulfonamides is 1. The zero-order valence-electron chi connectivity index (χ0n) is 9.29. The van der Waals surface area contributed by atoms with Crippen LogP contribution in [0.4, 0.5) is 22.0 Å². The molecule has 0 atom stereocenters. The molecule has 1 aliphatic heterocycles. The Morgan fingerprint density at radius 2 is 1.79 bits per heavy atom. The van der Waals surface area contributed by atoms with Crippen molar-refractivity contribution < 1.29 is 30.4 Å². The van der Waals surface area contributed by atoms with Gasteiger partial charge in [0, 0.05) is 13.1 Å². The monoisotopic (exact) mass is 301 g/mol. The summed E-state index contributed by atoms with van der Waals surface area (Å²) in [6.45, 7) is -0.803. The summed E-state index contributed by atoms with van der Waals surface area (Å²) in [4.78, 5) is -0.701. The minimum Gasteiger partial charge on any atom is -0.245 e. The molecule has 0 amide bonds. The van der Waals surface area contributed by atoms with E-state index in [9.17, 15) is 30.4 Å². The highest BCUT2D eigenvalue weighted by Crippen LogP contribution is 2.34. The zero-order valence-corrected chi connectivity index (χ0v) is 10.1. The molecule has 1 aromatic carbocycles. The number of nitrogens with zero attached hydrogens (tertiary/aromatic N) is 1. The molecule has 0 aromatic heterocycles. The minimum absolute atomic E-state index is 0.218. The van der Waals surface area contributed by atoms with Gasteiger partial charge in [-0.2, -0.15) is 17.5 Å². The van der Waals surface area contributed by atoms with Crippen LogP contribution in [-0.4, -0.2) is 32.0 Å². The predicted octanol–water partition coefficient (Wildman–Crippen LogP) is 2.19. The topological polar surface area (TPSA) is 37.4 Å². The Kier molecular flexibility index (Phi) is 3.29. The van der Waals surface area contributed by atoms with E-state index in [1.54, 1.807) is 0 Å². The first-order valence-electron chi connectivity index (χ1n) is 5.13. The van der Waals surface area contributed by atoms with Crippen molar-refractivity contribution in [3.63, 3.8) is 0 Å². The number of alkyl halides is 4. The third-order valence-corrected chi connectivity index (χ3v) is 4.51. The number of halogens is 5. The lowest BCUT2D eigenvalue weighted by Gasteiger charge is -2.33. The fourth-order valence-electron chi connectivity index (χ4n) is 1.62. The summed E-state index contributed by atoms with van der Waals surface area (Å²) >= 11 is 0. The van der Waals surface area contributed by atoms with Crippen LogP contribution in [-0.2, 0) is 16.2 Å². The van der Waals surface area contributed by atoms with Crippen molar-refractivity contribution in [1.82, 2.24) is 4.31 Å². The van der Waals surface area contributed by atoms with Crippen molar-refractivity contribution in [3.05, 3.63) is 29.6 Å². The Hall–Kier alpha value is -1.22. The van der Waals surface area contributed by atoms with Crippen LogP contribution in [0.5, 0.6) is 0 Å². The maximum absolute atomic E-state index is 13.0. The van der Waals surface area contributed by atoms with Crippen LogP contribution < -0.4 is 0 Å². The normalized spacial score (nSPS) is 18.4. The Morgan fingerprint density at radius 1 is 1.21 bits per heavy atom. The summed E-state index contributed by atoms with van der Waals surface area (Å²) in [5, 5.41) is 0. The second kappa shape index (κ2) is 4.41. The molecule has 1 aromatic rings. The van der Waals surface area contributed by atoms with Crippen LogP contribution in [0, 0.1) is 5.82 Å². The summed E-state index contributed by atoms with van der Waals surface area (Å²) in [5.74, 6) is -1.56. The molecule has 0 radical (unpaired) electrons. The smallest absolute Gasteiger partial charge is 0.245 e. The second-order valence-electron chi connectivity index (χ2n) is 4.06. The fraction of sp³-hybridized carbons (Fsp3) is 0.400. The zero-order chi connectivity index (χ0) is 14.4. The van der Waals surface area contributed by atoms with E-state index in [2.05, 4.69) is 0 Å². The summed E-state index contributed by atoms with van der Waals surface area (Å²) in [6, 6.07) is 1.38. The van der Waals surface area contributed by atoms with Crippen LogP contribution in [0.2, 0.25) is 0 Å². The van der Waals surface area contributed by atoms with Gasteiger partial charge in [0.15, 0.2) is 0 Å². The molecule has 2 rings (SSSR count). The first kappa shape index (κ1) is 14.2. The lowest BCUT2D eigenvalue weighted by atomic mass is 10.2. The number of hydrogen-bond acceptors (Lipinski definition) is 2. The molecular weight excluding hydrogens is 293 g/mol.